The zero-order chi connectivity index (χ0) is 14.4. The summed E-state index contributed by atoms with van der Waals surface area (Å²) < 4.78 is 6.90. The summed E-state index contributed by atoms with van der Waals surface area (Å²) >= 11 is 0. The number of ether oxygens (including phenoxy) is 1. The summed E-state index contributed by atoms with van der Waals surface area (Å²) in [6.07, 6.45) is 7.05. The molecule has 2 aliphatic carbocycles. The van der Waals surface area contributed by atoms with E-state index in [4.69, 9.17) is 4.74 Å². The van der Waals surface area contributed by atoms with Gasteiger partial charge in [0.05, 0.1) is 25.7 Å². The number of rotatable bonds is 2. The molecule has 5 heteroatoms. The summed E-state index contributed by atoms with van der Waals surface area (Å²) in [5.74, 6) is 0.958. The highest BCUT2D eigenvalue weighted by Gasteiger charge is 2.41. The molecule has 0 radical (unpaired) electrons. The molecule has 0 saturated heterocycles. The fraction of sp³-hybridized carbons (Fsp3) is 0.412. The minimum Gasteiger partial charge on any atom is -0.464 e. The van der Waals surface area contributed by atoms with Crippen molar-refractivity contribution in [2.75, 3.05) is 7.11 Å². The largest absolute Gasteiger partial charge is 0.464 e. The molecule has 4 nitrogen and oxygen atoms in total. The molecule has 2 aliphatic rings. The Bertz CT molecular complexity index is 697. The zero-order valence-corrected chi connectivity index (χ0v) is 13.3. The smallest absolute Gasteiger partial charge is 0.356 e. The van der Waals surface area contributed by atoms with Crippen LogP contribution >= 0.6 is 12.4 Å². The van der Waals surface area contributed by atoms with Gasteiger partial charge in [0, 0.05) is 0 Å². The molecule has 0 amide bonds. The number of nitrogens with zero attached hydrogens (tertiary/aromatic N) is 2. The van der Waals surface area contributed by atoms with E-state index in [2.05, 4.69) is 29.2 Å². The van der Waals surface area contributed by atoms with Crippen LogP contribution < -0.4 is 0 Å². The number of carbonyl (C=O) groups excluding carboxylic acids is 1. The normalized spacial score (nSPS) is 25.2. The van der Waals surface area contributed by atoms with E-state index in [0.717, 1.165) is 0 Å². The van der Waals surface area contributed by atoms with Crippen molar-refractivity contribution in [2.45, 2.75) is 31.2 Å². The van der Waals surface area contributed by atoms with E-state index in [1.54, 1.807) is 12.5 Å². The predicted octanol–water partition coefficient (Wildman–Crippen LogP) is 3.58. The van der Waals surface area contributed by atoms with Crippen molar-refractivity contribution in [3.63, 3.8) is 0 Å². The number of hydrogen-bond donors (Lipinski definition) is 0. The third kappa shape index (κ3) is 2.13. The van der Waals surface area contributed by atoms with Gasteiger partial charge in [-0.2, -0.15) is 0 Å². The first-order valence-electron chi connectivity index (χ1n) is 7.48. The number of methoxy groups -OCH3 is 1. The summed E-state index contributed by atoms with van der Waals surface area (Å²) in [5.41, 5.74) is 3.34. The molecule has 0 N–H and O–H groups in total. The topological polar surface area (TPSA) is 44.1 Å². The van der Waals surface area contributed by atoms with E-state index in [1.807, 2.05) is 4.57 Å². The summed E-state index contributed by atoms with van der Waals surface area (Å²) in [4.78, 5) is 16.2. The Morgan fingerprint density at radius 1 is 1.27 bits per heavy atom. The van der Waals surface area contributed by atoms with Gasteiger partial charge in [-0.1, -0.05) is 24.3 Å². The second-order valence-electron chi connectivity index (χ2n) is 6.02. The van der Waals surface area contributed by atoms with Gasteiger partial charge in [-0.15, -0.1) is 12.4 Å². The van der Waals surface area contributed by atoms with Crippen LogP contribution in [0.4, 0.5) is 0 Å². The van der Waals surface area contributed by atoms with E-state index >= 15 is 0 Å². The van der Waals surface area contributed by atoms with Crippen molar-refractivity contribution in [3.05, 3.63) is 53.6 Å². The highest BCUT2D eigenvalue weighted by atomic mass is 35.5. The molecule has 1 saturated carbocycles. The molecular weight excluding hydrogens is 300 g/mol. The fourth-order valence-corrected chi connectivity index (χ4v) is 4.16. The first kappa shape index (κ1) is 15.1. The van der Waals surface area contributed by atoms with Crippen molar-refractivity contribution >= 4 is 18.4 Å². The molecule has 2 aromatic rings. The van der Waals surface area contributed by atoms with Gasteiger partial charge in [-0.05, 0) is 42.2 Å². The number of benzene rings is 1. The number of fused-ring (bicyclic) bond motifs is 4. The Balaban J connectivity index is 0.00000144. The van der Waals surface area contributed by atoms with Gasteiger partial charge in [0.15, 0.2) is 0 Å². The molecule has 1 aromatic carbocycles. The molecule has 3 unspecified atom stereocenters. The molecule has 116 valence electrons. The van der Waals surface area contributed by atoms with Crippen LogP contribution in [0.25, 0.3) is 0 Å². The average Bonchev–Trinajstić information content (AvgIpc) is 3.16. The fourth-order valence-electron chi connectivity index (χ4n) is 4.16. The van der Waals surface area contributed by atoms with E-state index in [1.165, 1.54) is 37.5 Å². The van der Waals surface area contributed by atoms with E-state index in [0.29, 0.717) is 17.5 Å². The molecule has 2 bridgehead atoms. The molecule has 0 spiro atoms. The van der Waals surface area contributed by atoms with Crippen molar-refractivity contribution < 1.29 is 9.53 Å². The minimum atomic E-state index is -0.315. The number of aromatic nitrogens is 2. The van der Waals surface area contributed by atoms with Crippen LogP contribution in [0.1, 0.15) is 52.8 Å². The quantitative estimate of drug-likeness (QED) is 0.795. The molecule has 1 heterocycles. The Labute approximate surface area is 135 Å². The van der Waals surface area contributed by atoms with Crippen molar-refractivity contribution in [2.24, 2.45) is 5.92 Å². The molecular formula is C17H19ClN2O2. The van der Waals surface area contributed by atoms with Crippen LogP contribution in [0.2, 0.25) is 0 Å². The van der Waals surface area contributed by atoms with Gasteiger partial charge < -0.3 is 9.30 Å². The first-order chi connectivity index (χ1) is 10.3. The van der Waals surface area contributed by atoms with Crippen molar-refractivity contribution in [1.29, 1.82) is 0 Å². The number of imidazole rings is 1. The Morgan fingerprint density at radius 2 is 2.05 bits per heavy atom. The Kier molecular flexibility index (Phi) is 3.96. The maximum absolute atomic E-state index is 12.0. The molecule has 0 aliphatic heterocycles. The van der Waals surface area contributed by atoms with Crippen LogP contribution in [0.3, 0.4) is 0 Å². The highest BCUT2D eigenvalue weighted by Crippen LogP contribution is 2.52. The maximum atomic E-state index is 12.0. The molecule has 4 rings (SSSR count). The molecule has 3 atom stereocenters. The number of esters is 1. The van der Waals surface area contributed by atoms with Gasteiger partial charge in [0.25, 0.3) is 0 Å². The van der Waals surface area contributed by atoms with Crippen LogP contribution in [-0.4, -0.2) is 22.6 Å². The lowest BCUT2D eigenvalue weighted by atomic mass is 9.79. The lowest BCUT2D eigenvalue weighted by Gasteiger charge is -2.33. The maximum Gasteiger partial charge on any atom is 0.356 e. The summed E-state index contributed by atoms with van der Waals surface area (Å²) in [6.45, 7) is 0. The zero-order valence-electron chi connectivity index (χ0n) is 12.4. The molecule has 1 fully saturated rings. The second-order valence-corrected chi connectivity index (χ2v) is 6.02. The van der Waals surface area contributed by atoms with Crippen LogP contribution in [-0.2, 0) is 4.74 Å². The first-order valence-corrected chi connectivity index (χ1v) is 7.48. The molecule has 1 aromatic heterocycles. The minimum absolute atomic E-state index is 0. The summed E-state index contributed by atoms with van der Waals surface area (Å²) in [5, 5.41) is 0. The number of halogens is 1. The standard InChI is InChI=1S/C17H18N2O2.ClH/c1-21-17(20)15-9-18-10-19(15)16-12-7-6-11(8-12)13-4-2-3-5-14(13)16;/h2-5,9-12,16H,6-8H2,1H3;1H. The monoisotopic (exact) mass is 318 g/mol. The second kappa shape index (κ2) is 5.76. The van der Waals surface area contributed by atoms with Gasteiger partial charge in [0.2, 0.25) is 0 Å². The van der Waals surface area contributed by atoms with Gasteiger partial charge in [0.1, 0.15) is 5.69 Å². The highest BCUT2D eigenvalue weighted by molar-refractivity contribution is 5.87. The predicted molar refractivity (Wildman–Crippen MR) is 85.5 cm³/mol. The van der Waals surface area contributed by atoms with Crippen LogP contribution in [0.5, 0.6) is 0 Å². The number of hydrogen-bond acceptors (Lipinski definition) is 3. The van der Waals surface area contributed by atoms with Crippen molar-refractivity contribution in [3.8, 4) is 0 Å². The van der Waals surface area contributed by atoms with Gasteiger partial charge >= 0.3 is 5.97 Å². The third-order valence-corrected chi connectivity index (χ3v) is 5.03. The lowest BCUT2D eigenvalue weighted by Crippen LogP contribution is -2.26. The SMILES string of the molecule is COC(=O)c1cncn1C1c2ccccc2C2CCC1C2.Cl. The summed E-state index contributed by atoms with van der Waals surface area (Å²) in [7, 11) is 1.42. The molecule has 22 heavy (non-hydrogen) atoms. The van der Waals surface area contributed by atoms with E-state index < -0.39 is 0 Å². The van der Waals surface area contributed by atoms with E-state index in [-0.39, 0.29) is 24.4 Å². The van der Waals surface area contributed by atoms with E-state index in [9.17, 15) is 4.79 Å². The van der Waals surface area contributed by atoms with Crippen LogP contribution in [0.15, 0.2) is 36.8 Å². The van der Waals surface area contributed by atoms with Crippen LogP contribution in [0, 0.1) is 5.92 Å². The number of carbonyl (C=O) groups is 1. The Hall–Kier alpha value is -1.81. The van der Waals surface area contributed by atoms with Gasteiger partial charge in [-0.3, -0.25) is 0 Å². The third-order valence-electron chi connectivity index (χ3n) is 5.03. The van der Waals surface area contributed by atoms with Gasteiger partial charge in [-0.25, -0.2) is 9.78 Å². The lowest BCUT2D eigenvalue weighted by molar-refractivity contribution is 0.0585. The van der Waals surface area contributed by atoms with Crippen molar-refractivity contribution in [1.82, 2.24) is 9.55 Å². The Morgan fingerprint density at radius 3 is 2.82 bits per heavy atom. The average molecular weight is 319 g/mol. The summed E-state index contributed by atoms with van der Waals surface area (Å²) in [6, 6.07) is 8.85.